The van der Waals surface area contributed by atoms with Crippen molar-refractivity contribution in [2.45, 2.75) is 0 Å². The zero-order chi connectivity index (χ0) is 27.6. The summed E-state index contributed by atoms with van der Waals surface area (Å²) in [6.07, 6.45) is 3.37. The van der Waals surface area contributed by atoms with Gasteiger partial charge in [-0.25, -0.2) is 15.0 Å². The van der Waals surface area contributed by atoms with E-state index < -0.39 is 0 Å². The van der Waals surface area contributed by atoms with Crippen LogP contribution in [0.2, 0.25) is 0 Å². The largest absolute Gasteiger partial charge is 0.453 e. The van der Waals surface area contributed by atoms with Crippen LogP contribution in [0.4, 0.5) is 0 Å². The quantitative estimate of drug-likeness (QED) is 0.225. The minimum Gasteiger partial charge on any atom is -0.453 e. The Morgan fingerprint density at radius 2 is 1.17 bits per heavy atom. The molecular formula is C35H20N6O. The van der Waals surface area contributed by atoms with Gasteiger partial charge in [0, 0.05) is 38.9 Å². The fourth-order valence-corrected chi connectivity index (χ4v) is 5.90. The molecule has 0 saturated carbocycles. The number of hydrogen-bond donors (Lipinski definition) is 0. The molecule has 42 heavy (non-hydrogen) atoms. The van der Waals surface area contributed by atoms with Crippen molar-refractivity contribution < 1.29 is 4.42 Å². The summed E-state index contributed by atoms with van der Waals surface area (Å²) in [6.45, 7) is 0. The maximum atomic E-state index is 6.73. The average Bonchev–Trinajstić information content (AvgIpc) is 3.62. The summed E-state index contributed by atoms with van der Waals surface area (Å²) in [7, 11) is 0. The van der Waals surface area contributed by atoms with Gasteiger partial charge >= 0.3 is 0 Å². The van der Waals surface area contributed by atoms with Crippen LogP contribution in [0.1, 0.15) is 0 Å². The number of fused-ring (bicyclic) bond motifs is 9. The lowest BCUT2D eigenvalue weighted by atomic mass is 10.1. The molecule has 7 nitrogen and oxygen atoms in total. The minimum absolute atomic E-state index is 0.523. The first-order chi connectivity index (χ1) is 20.8. The van der Waals surface area contributed by atoms with Crippen LogP contribution in [-0.2, 0) is 0 Å². The van der Waals surface area contributed by atoms with Crippen molar-refractivity contribution in [3.63, 3.8) is 0 Å². The number of hydrogen-bond acceptors (Lipinski definition) is 6. The Hall–Kier alpha value is -5.95. The second-order valence-corrected chi connectivity index (χ2v) is 10.2. The molecule has 0 aliphatic heterocycles. The number of para-hydroxylation sites is 1. The highest BCUT2D eigenvalue weighted by Crippen LogP contribution is 2.41. The fourth-order valence-electron chi connectivity index (χ4n) is 5.90. The molecule has 0 spiro atoms. The average molecular weight is 541 g/mol. The van der Waals surface area contributed by atoms with Gasteiger partial charge < -0.3 is 4.42 Å². The third-order valence-corrected chi connectivity index (χ3v) is 7.81. The molecule has 0 aliphatic rings. The summed E-state index contributed by atoms with van der Waals surface area (Å²) in [5.41, 5.74) is 6.08. The molecule has 0 N–H and O–H groups in total. The molecule has 9 aromatic rings. The standard InChI is InChI=1S/C35H20N6O/c1-3-9-21(10-4-1)33-38-34(22-11-5-2-6-12-22)40-35(39-33)41-29-14-8-7-13-23(29)24-15-16-26-25-17-18-28-27(19-36-20-37-28)31(25)42-32(26)30(24)41/h1-20H. The molecule has 7 heteroatoms. The molecule has 4 heterocycles. The van der Waals surface area contributed by atoms with Crippen molar-refractivity contribution in [1.29, 1.82) is 0 Å². The van der Waals surface area contributed by atoms with Crippen LogP contribution in [0.3, 0.4) is 0 Å². The first-order valence-corrected chi connectivity index (χ1v) is 13.7. The highest BCUT2D eigenvalue weighted by Gasteiger charge is 2.22. The van der Waals surface area contributed by atoms with Gasteiger partial charge in [-0.15, -0.1) is 0 Å². The van der Waals surface area contributed by atoms with Gasteiger partial charge in [0.1, 0.15) is 17.4 Å². The molecule has 0 atom stereocenters. The molecular weight excluding hydrogens is 520 g/mol. The monoisotopic (exact) mass is 540 g/mol. The molecule has 0 fully saturated rings. The Balaban J connectivity index is 1.44. The van der Waals surface area contributed by atoms with Crippen molar-refractivity contribution in [2.75, 3.05) is 0 Å². The predicted octanol–water partition coefficient (Wildman–Crippen LogP) is 8.15. The van der Waals surface area contributed by atoms with Crippen LogP contribution in [0.25, 0.3) is 83.4 Å². The van der Waals surface area contributed by atoms with E-state index in [0.717, 1.165) is 65.8 Å². The van der Waals surface area contributed by atoms with Gasteiger partial charge in [-0.3, -0.25) is 4.57 Å². The minimum atomic E-state index is 0.523. The van der Waals surface area contributed by atoms with Gasteiger partial charge in [0.15, 0.2) is 17.2 Å². The Morgan fingerprint density at radius 1 is 0.524 bits per heavy atom. The summed E-state index contributed by atoms with van der Waals surface area (Å²) >= 11 is 0. The fraction of sp³-hybridized carbons (Fsp3) is 0. The van der Waals surface area contributed by atoms with E-state index in [0.29, 0.717) is 17.6 Å². The number of rotatable bonds is 3. The van der Waals surface area contributed by atoms with Crippen molar-refractivity contribution in [1.82, 2.24) is 29.5 Å². The second-order valence-electron chi connectivity index (χ2n) is 10.2. The van der Waals surface area contributed by atoms with Crippen LogP contribution in [0.5, 0.6) is 0 Å². The van der Waals surface area contributed by atoms with E-state index in [2.05, 4.69) is 50.9 Å². The van der Waals surface area contributed by atoms with Gasteiger partial charge in [-0.1, -0.05) is 84.9 Å². The summed E-state index contributed by atoms with van der Waals surface area (Å²) in [6, 6.07) is 36.7. The highest BCUT2D eigenvalue weighted by molar-refractivity contribution is 6.23. The maximum Gasteiger partial charge on any atom is 0.238 e. The van der Waals surface area contributed by atoms with E-state index in [1.807, 2.05) is 79.0 Å². The molecule has 0 radical (unpaired) electrons. The molecule has 5 aromatic carbocycles. The first-order valence-electron chi connectivity index (χ1n) is 13.7. The molecule has 0 bridgehead atoms. The number of furan rings is 1. The summed E-state index contributed by atoms with van der Waals surface area (Å²) in [4.78, 5) is 23.7. The van der Waals surface area contributed by atoms with Crippen molar-refractivity contribution in [2.24, 2.45) is 0 Å². The number of nitrogens with zero attached hydrogens (tertiary/aromatic N) is 6. The molecule has 4 aromatic heterocycles. The van der Waals surface area contributed by atoms with Gasteiger partial charge in [0.25, 0.3) is 0 Å². The maximum absolute atomic E-state index is 6.73. The SMILES string of the molecule is c1ccc(-c2nc(-c3ccccc3)nc(-n3c4ccccc4c4ccc5c6ccc7ncncc7c6oc5c43)n2)cc1. The van der Waals surface area contributed by atoms with E-state index in [1.54, 1.807) is 6.33 Å². The van der Waals surface area contributed by atoms with Gasteiger partial charge in [-0.05, 0) is 24.3 Å². The number of benzene rings is 5. The van der Waals surface area contributed by atoms with Crippen LogP contribution in [-0.4, -0.2) is 29.5 Å². The van der Waals surface area contributed by atoms with Crippen LogP contribution in [0, 0.1) is 0 Å². The Morgan fingerprint density at radius 3 is 1.93 bits per heavy atom. The van der Waals surface area contributed by atoms with E-state index >= 15 is 0 Å². The zero-order valence-corrected chi connectivity index (χ0v) is 22.1. The van der Waals surface area contributed by atoms with Crippen molar-refractivity contribution in [3.05, 3.63) is 122 Å². The van der Waals surface area contributed by atoms with E-state index in [-0.39, 0.29) is 0 Å². The normalized spacial score (nSPS) is 11.8. The summed E-state index contributed by atoms with van der Waals surface area (Å²) in [5, 5.41) is 5.04. The predicted molar refractivity (Wildman–Crippen MR) is 165 cm³/mol. The van der Waals surface area contributed by atoms with E-state index in [1.165, 1.54) is 0 Å². The highest BCUT2D eigenvalue weighted by atomic mass is 16.3. The van der Waals surface area contributed by atoms with Crippen molar-refractivity contribution >= 4 is 54.6 Å². The second kappa shape index (κ2) is 8.78. The third kappa shape index (κ3) is 3.31. The summed E-state index contributed by atoms with van der Waals surface area (Å²) < 4.78 is 8.83. The van der Waals surface area contributed by atoms with Crippen molar-refractivity contribution in [3.8, 4) is 28.7 Å². The molecule has 0 aliphatic carbocycles. The van der Waals surface area contributed by atoms with Gasteiger partial charge in [0.2, 0.25) is 5.95 Å². The van der Waals surface area contributed by atoms with E-state index in [9.17, 15) is 0 Å². The Kier molecular flexibility index (Phi) is 4.77. The molecule has 0 unspecified atom stereocenters. The van der Waals surface area contributed by atoms with Crippen LogP contribution < -0.4 is 0 Å². The van der Waals surface area contributed by atoms with Gasteiger partial charge in [-0.2, -0.15) is 9.97 Å². The Bertz CT molecular complexity index is 2410. The first kappa shape index (κ1) is 22.8. The smallest absolute Gasteiger partial charge is 0.238 e. The zero-order valence-electron chi connectivity index (χ0n) is 22.1. The lowest BCUT2D eigenvalue weighted by molar-refractivity contribution is 0.674. The molecule has 0 saturated heterocycles. The van der Waals surface area contributed by atoms with E-state index in [4.69, 9.17) is 19.4 Å². The molecule has 196 valence electrons. The lowest BCUT2D eigenvalue weighted by Gasteiger charge is -2.11. The topological polar surface area (TPSA) is 82.5 Å². The van der Waals surface area contributed by atoms with Gasteiger partial charge in [0.05, 0.1) is 16.4 Å². The Labute approximate surface area is 238 Å². The van der Waals surface area contributed by atoms with Crippen LogP contribution in [0.15, 0.2) is 126 Å². The molecule has 0 amide bonds. The summed E-state index contributed by atoms with van der Waals surface area (Å²) in [5.74, 6) is 1.73. The molecule has 9 rings (SSSR count). The number of aromatic nitrogens is 6. The lowest BCUT2D eigenvalue weighted by Crippen LogP contribution is -2.06. The third-order valence-electron chi connectivity index (χ3n) is 7.81. The van der Waals surface area contributed by atoms with Crippen LogP contribution >= 0.6 is 0 Å².